The van der Waals surface area contributed by atoms with Gasteiger partial charge in [-0.1, -0.05) is 121 Å². The minimum atomic E-state index is 0.711. The first-order valence-corrected chi connectivity index (χ1v) is 12.8. The van der Waals surface area contributed by atoms with Crippen LogP contribution in [-0.4, -0.2) is 14.2 Å². The molecule has 38 heavy (non-hydrogen) atoms. The average Bonchev–Trinajstić information content (AvgIpc) is 3.01. The third-order valence-electron chi connectivity index (χ3n) is 7.06. The molecule has 0 N–H and O–H groups in total. The summed E-state index contributed by atoms with van der Waals surface area (Å²) in [6.45, 7) is 0. The molecule has 0 fully saturated rings. The van der Waals surface area contributed by atoms with Gasteiger partial charge in [0.15, 0.2) is 11.5 Å². The van der Waals surface area contributed by atoms with E-state index in [4.69, 9.17) is 9.47 Å². The molecule has 0 aromatic heterocycles. The Hall–Kier alpha value is -4.82. The fourth-order valence-electron chi connectivity index (χ4n) is 5.48. The van der Waals surface area contributed by atoms with E-state index in [1.165, 1.54) is 22.3 Å². The van der Waals surface area contributed by atoms with Crippen LogP contribution in [0.1, 0.15) is 0 Å². The fraction of sp³-hybridized carbons (Fsp3) is 0.0556. The number of benzene rings is 6. The van der Waals surface area contributed by atoms with E-state index in [1.54, 1.807) is 14.2 Å². The quantitative estimate of drug-likeness (QED) is 0.230. The molecular formula is C36H28O2. The Balaban J connectivity index is 1.95. The van der Waals surface area contributed by atoms with Crippen LogP contribution in [0.25, 0.3) is 55.3 Å². The van der Waals surface area contributed by atoms with Crippen LogP contribution in [0.3, 0.4) is 0 Å². The first-order chi connectivity index (χ1) is 18.8. The van der Waals surface area contributed by atoms with Gasteiger partial charge < -0.3 is 9.47 Å². The van der Waals surface area contributed by atoms with Gasteiger partial charge in [0.25, 0.3) is 0 Å². The van der Waals surface area contributed by atoms with Crippen molar-refractivity contribution >= 4 is 10.8 Å². The van der Waals surface area contributed by atoms with Gasteiger partial charge in [0, 0.05) is 10.9 Å². The summed E-state index contributed by atoms with van der Waals surface area (Å²) in [5.41, 5.74) is 9.25. The molecule has 2 heteroatoms. The number of rotatable bonds is 6. The van der Waals surface area contributed by atoms with E-state index in [9.17, 15) is 0 Å². The molecule has 0 spiro atoms. The summed E-state index contributed by atoms with van der Waals surface area (Å²) in [7, 11) is 3.42. The number of ether oxygens (including phenoxy) is 2. The fourth-order valence-corrected chi connectivity index (χ4v) is 5.48. The van der Waals surface area contributed by atoms with Crippen molar-refractivity contribution in [3.05, 3.63) is 133 Å². The SMILES string of the molecule is COc1ccc2c(-c3ccccc3)c(-c3ccccc3)c(-c3ccccc3)c(-c3ccccc3)c2c1OC. The summed E-state index contributed by atoms with van der Waals surface area (Å²) in [6, 6.07) is 46.8. The summed E-state index contributed by atoms with van der Waals surface area (Å²) in [5, 5.41) is 2.15. The molecule has 0 atom stereocenters. The first kappa shape index (κ1) is 23.6. The lowest BCUT2D eigenvalue weighted by molar-refractivity contribution is 0.358. The van der Waals surface area contributed by atoms with E-state index in [1.807, 2.05) is 6.07 Å². The molecular weight excluding hydrogens is 464 g/mol. The van der Waals surface area contributed by atoms with Crippen LogP contribution in [-0.2, 0) is 0 Å². The molecule has 2 nitrogen and oxygen atoms in total. The molecule has 6 aromatic rings. The van der Waals surface area contributed by atoms with E-state index >= 15 is 0 Å². The van der Waals surface area contributed by atoms with E-state index in [0.717, 1.165) is 38.8 Å². The molecule has 0 aliphatic carbocycles. The van der Waals surface area contributed by atoms with Crippen molar-refractivity contribution < 1.29 is 9.47 Å². The van der Waals surface area contributed by atoms with Crippen LogP contribution in [0.5, 0.6) is 11.5 Å². The normalized spacial score (nSPS) is 10.9. The summed E-state index contributed by atoms with van der Waals surface area (Å²) >= 11 is 0. The second-order valence-electron chi connectivity index (χ2n) is 9.19. The lowest BCUT2D eigenvalue weighted by Gasteiger charge is -2.25. The Morgan fingerprint density at radius 1 is 0.368 bits per heavy atom. The van der Waals surface area contributed by atoms with Gasteiger partial charge in [-0.15, -0.1) is 0 Å². The molecule has 0 saturated heterocycles. The van der Waals surface area contributed by atoms with E-state index in [-0.39, 0.29) is 0 Å². The van der Waals surface area contributed by atoms with Crippen LogP contribution >= 0.6 is 0 Å². The molecule has 184 valence electrons. The minimum Gasteiger partial charge on any atom is -0.493 e. The molecule has 6 aromatic carbocycles. The van der Waals surface area contributed by atoms with Crippen molar-refractivity contribution in [3.8, 4) is 56.0 Å². The maximum Gasteiger partial charge on any atom is 0.169 e. The second-order valence-corrected chi connectivity index (χ2v) is 9.19. The van der Waals surface area contributed by atoms with Gasteiger partial charge in [-0.3, -0.25) is 0 Å². The molecule has 0 saturated carbocycles. The minimum absolute atomic E-state index is 0.711. The smallest absolute Gasteiger partial charge is 0.169 e. The molecule has 6 rings (SSSR count). The third-order valence-corrected chi connectivity index (χ3v) is 7.06. The predicted molar refractivity (Wildman–Crippen MR) is 159 cm³/mol. The largest absolute Gasteiger partial charge is 0.493 e. The van der Waals surface area contributed by atoms with E-state index < -0.39 is 0 Å². The Morgan fingerprint density at radius 3 is 1.18 bits per heavy atom. The molecule has 0 radical (unpaired) electrons. The number of fused-ring (bicyclic) bond motifs is 1. The maximum absolute atomic E-state index is 6.11. The van der Waals surface area contributed by atoms with Gasteiger partial charge in [-0.25, -0.2) is 0 Å². The molecule has 0 heterocycles. The van der Waals surface area contributed by atoms with Gasteiger partial charge >= 0.3 is 0 Å². The second kappa shape index (κ2) is 10.3. The number of methoxy groups -OCH3 is 2. The van der Waals surface area contributed by atoms with Crippen molar-refractivity contribution in [2.24, 2.45) is 0 Å². The van der Waals surface area contributed by atoms with Crippen molar-refractivity contribution in [1.29, 1.82) is 0 Å². The van der Waals surface area contributed by atoms with Gasteiger partial charge in [-0.2, -0.15) is 0 Å². The standard InChI is InChI=1S/C36H28O2/c1-37-30-24-23-29-31(25-15-7-3-8-16-25)32(26-17-9-4-10-18-26)33(27-19-11-5-12-20-27)34(35(29)36(30)38-2)28-21-13-6-14-22-28/h3-24H,1-2H3. The molecule has 0 amide bonds. The lowest BCUT2D eigenvalue weighted by atomic mass is 9.78. The predicted octanol–water partition coefficient (Wildman–Crippen LogP) is 9.52. The molecule has 0 bridgehead atoms. The molecule has 0 unspecified atom stereocenters. The Bertz CT molecular complexity index is 1690. The van der Waals surface area contributed by atoms with Gasteiger partial charge in [0.05, 0.1) is 14.2 Å². The summed E-state index contributed by atoms with van der Waals surface area (Å²) in [6.07, 6.45) is 0. The maximum atomic E-state index is 6.11. The summed E-state index contributed by atoms with van der Waals surface area (Å²) in [5.74, 6) is 1.44. The summed E-state index contributed by atoms with van der Waals surface area (Å²) in [4.78, 5) is 0. The van der Waals surface area contributed by atoms with Gasteiger partial charge in [0.1, 0.15) is 0 Å². The van der Waals surface area contributed by atoms with Crippen molar-refractivity contribution in [3.63, 3.8) is 0 Å². The summed E-state index contributed by atoms with van der Waals surface area (Å²) < 4.78 is 11.9. The Labute approximate surface area is 223 Å². The highest BCUT2D eigenvalue weighted by atomic mass is 16.5. The van der Waals surface area contributed by atoms with Crippen molar-refractivity contribution in [1.82, 2.24) is 0 Å². The van der Waals surface area contributed by atoms with Crippen LogP contribution in [0, 0.1) is 0 Å². The zero-order chi connectivity index (χ0) is 25.9. The van der Waals surface area contributed by atoms with Crippen LogP contribution in [0.2, 0.25) is 0 Å². The lowest BCUT2D eigenvalue weighted by Crippen LogP contribution is -2.00. The van der Waals surface area contributed by atoms with E-state index in [2.05, 4.69) is 127 Å². The highest BCUT2D eigenvalue weighted by Gasteiger charge is 2.26. The topological polar surface area (TPSA) is 18.5 Å². The highest BCUT2D eigenvalue weighted by Crippen LogP contribution is 2.54. The first-order valence-electron chi connectivity index (χ1n) is 12.8. The Kier molecular flexibility index (Phi) is 6.37. The Morgan fingerprint density at radius 2 is 0.763 bits per heavy atom. The van der Waals surface area contributed by atoms with Crippen molar-refractivity contribution in [2.45, 2.75) is 0 Å². The third kappa shape index (κ3) is 4.01. The number of hydrogen-bond acceptors (Lipinski definition) is 2. The van der Waals surface area contributed by atoms with Crippen LogP contribution in [0.15, 0.2) is 133 Å². The van der Waals surface area contributed by atoms with Gasteiger partial charge in [0.2, 0.25) is 0 Å². The average molecular weight is 493 g/mol. The van der Waals surface area contributed by atoms with Gasteiger partial charge in [-0.05, 0) is 56.5 Å². The van der Waals surface area contributed by atoms with E-state index in [0.29, 0.717) is 5.75 Å². The number of hydrogen-bond donors (Lipinski definition) is 0. The van der Waals surface area contributed by atoms with Crippen LogP contribution in [0.4, 0.5) is 0 Å². The van der Waals surface area contributed by atoms with Crippen molar-refractivity contribution in [2.75, 3.05) is 14.2 Å². The van der Waals surface area contributed by atoms with Crippen LogP contribution < -0.4 is 9.47 Å². The monoisotopic (exact) mass is 492 g/mol. The zero-order valence-electron chi connectivity index (χ0n) is 21.5. The molecule has 0 aliphatic rings. The highest BCUT2D eigenvalue weighted by molar-refractivity contribution is 6.20. The molecule has 0 aliphatic heterocycles. The zero-order valence-corrected chi connectivity index (χ0v) is 21.5.